The number of carbonyl (C=O) groups is 1. The van der Waals surface area contributed by atoms with Crippen LogP contribution in [0.25, 0.3) is 0 Å². The SMILES string of the molecule is C=CC(=O)NCCC[N+](CCC)(CCC)CCC. The molecule has 106 valence electrons. The van der Waals surface area contributed by atoms with Crippen molar-refractivity contribution < 1.29 is 9.28 Å². The van der Waals surface area contributed by atoms with Crippen LogP contribution >= 0.6 is 0 Å². The predicted molar refractivity (Wildman–Crippen MR) is 78.4 cm³/mol. The van der Waals surface area contributed by atoms with Crippen LogP contribution in [-0.4, -0.2) is 43.1 Å². The van der Waals surface area contributed by atoms with Gasteiger partial charge in [-0.3, -0.25) is 4.79 Å². The van der Waals surface area contributed by atoms with Crippen LogP contribution in [0.5, 0.6) is 0 Å². The average molecular weight is 255 g/mol. The van der Waals surface area contributed by atoms with Gasteiger partial charge in [0, 0.05) is 13.0 Å². The van der Waals surface area contributed by atoms with Gasteiger partial charge in [-0.2, -0.15) is 0 Å². The van der Waals surface area contributed by atoms with E-state index in [0.717, 1.165) is 13.0 Å². The second kappa shape index (κ2) is 10.1. The van der Waals surface area contributed by atoms with Crippen LogP contribution in [0.4, 0.5) is 0 Å². The minimum Gasteiger partial charge on any atom is -0.352 e. The summed E-state index contributed by atoms with van der Waals surface area (Å²) in [5.41, 5.74) is 0. The van der Waals surface area contributed by atoms with Gasteiger partial charge in [0.05, 0.1) is 26.2 Å². The van der Waals surface area contributed by atoms with E-state index < -0.39 is 0 Å². The molecule has 0 aromatic rings. The Morgan fingerprint density at radius 3 is 1.94 bits per heavy atom. The van der Waals surface area contributed by atoms with E-state index >= 15 is 0 Å². The first-order chi connectivity index (χ1) is 8.64. The summed E-state index contributed by atoms with van der Waals surface area (Å²) in [6.07, 6.45) is 6.10. The van der Waals surface area contributed by atoms with Crippen molar-refractivity contribution >= 4 is 5.91 Å². The molecular formula is C15H31N2O+. The third-order valence-electron chi connectivity index (χ3n) is 3.39. The number of rotatable bonds is 11. The van der Waals surface area contributed by atoms with Crippen molar-refractivity contribution in [3.63, 3.8) is 0 Å². The Balaban J connectivity index is 4.20. The quantitative estimate of drug-likeness (QED) is 0.343. The third-order valence-corrected chi connectivity index (χ3v) is 3.39. The zero-order valence-electron chi connectivity index (χ0n) is 12.5. The Hall–Kier alpha value is -0.830. The maximum atomic E-state index is 11.1. The maximum Gasteiger partial charge on any atom is 0.243 e. The zero-order chi connectivity index (χ0) is 13.9. The molecule has 0 heterocycles. The minimum absolute atomic E-state index is 0.0606. The predicted octanol–water partition coefficient (Wildman–Crippen LogP) is 2.73. The fourth-order valence-corrected chi connectivity index (χ4v) is 2.79. The summed E-state index contributed by atoms with van der Waals surface area (Å²) in [5.74, 6) is -0.0606. The lowest BCUT2D eigenvalue weighted by Gasteiger charge is -2.38. The zero-order valence-corrected chi connectivity index (χ0v) is 12.5. The molecule has 0 fully saturated rings. The molecule has 0 aromatic heterocycles. The molecule has 1 N–H and O–H groups in total. The molecule has 3 nitrogen and oxygen atoms in total. The highest BCUT2D eigenvalue weighted by molar-refractivity contribution is 5.86. The first-order valence-electron chi connectivity index (χ1n) is 7.39. The van der Waals surface area contributed by atoms with Crippen LogP contribution in [0, 0.1) is 0 Å². The number of nitrogens with one attached hydrogen (secondary N) is 1. The molecule has 18 heavy (non-hydrogen) atoms. The number of nitrogens with zero attached hydrogens (tertiary/aromatic N) is 1. The monoisotopic (exact) mass is 255 g/mol. The van der Waals surface area contributed by atoms with E-state index in [9.17, 15) is 4.79 Å². The van der Waals surface area contributed by atoms with Crippen molar-refractivity contribution in [2.45, 2.75) is 46.5 Å². The molecule has 1 amide bonds. The van der Waals surface area contributed by atoms with E-state index in [2.05, 4.69) is 32.7 Å². The van der Waals surface area contributed by atoms with Gasteiger partial charge in [-0.15, -0.1) is 0 Å². The molecule has 3 heteroatoms. The van der Waals surface area contributed by atoms with Gasteiger partial charge in [-0.1, -0.05) is 27.4 Å². The second-order valence-electron chi connectivity index (χ2n) is 5.08. The van der Waals surface area contributed by atoms with Crippen molar-refractivity contribution in [2.24, 2.45) is 0 Å². The van der Waals surface area contributed by atoms with Crippen molar-refractivity contribution in [3.05, 3.63) is 12.7 Å². The van der Waals surface area contributed by atoms with Crippen molar-refractivity contribution in [1.82, 2.24) is 5.32 Å². The first kappa shape index (κ1) is 17.2. The van der Waals surface area contributed by atoms with Crippen molar-refractivity contribution in [3.8, 4) is 0 Å². The largest absolute Gasteiger partial charge is 0.352 e. The average Bonchev–Trinajstić information content (AvgIpc) is 2.35. The standard InChI is InChI=1S/C15H30N2O/c1-5-11-17(12-6-2,13-7-3)14-9-10-16-15(18)8-4/h8H,4-7,9-14H2,1-3H3/p+1. The fraction of sp³-hybridized carbons (Fsp3) is 0.800. The van der Waals surface area contributed by atoms with Crippen molar-refractivity contribution in [1.29, 1.82) is 0 Å². The summed E-state index contributed by atoms with van der Waals surface area (Å²) in [7, 11) is 0. The summed E-state index contributed by atoms with van der Waals surface area (Å²) < 4.78 is 1.22. The Morgan fingerprint density at radius 1 is 1.06 bits per heavy atom. The summed E-state index contributed by atoms with van der Waals surface area (Å²) in [6.45, 7) is 16.0. The lowest BCUT2D eigenvalue weighted by atomic mass is 10.2. The van der Waals surface area contributed by atoms with Gasteiger partial charge in [0.2, 0.25) is 5.91 Å². The summed E-state index contributed by atoms with van der Waals surface area (Å²) in [5, 5.41) is 2.86. The Morgan fingerprint density at radius 2 is 1.56 bits per heavy atom. The molecule has 0 radical (unpaired) electrons. The van der Waals surface area contributed by atoms with Gasteiger partial charge in [0.1, 0.15) is 0 Å². The molecule has 0 saturated heterocycles. The Kier molecular flexibility index (Phi) is 9.66. The smallest absolute Gasteiger partial charge is 0.243 e. The third kappa shape index (κ3) is 6.80. The van der Waals surface area contributed by atoms with Gasteiger partial charge in [-0.25, -0.2) is 0 Å². The number of amides is 1. The van der Waals surface area contributed by atoms with Gasteiger partial charge >= 0.3 is 0 Å². The number of carbonyl (C=O) groups excluding carboxylic acids is 1. The van der Waals surface area contributed by atoms with Gasteiger partial charge in [-0.05, 0) is 25.3 Å². The molecule has 0 saturated carbocycles. The normalized spacial score (nSPS) is 11.3. The van der Waals surface area contributed by atoms with Crippen LogP contribution in [0.15, 0.2) is 12.7 Å². The van der Waals surface area contributed by atoms with E-state index in [1.54, 1.807) is 0 Å². The maximum absolute atomic E-state index is 11.1. The number of quaternary nitrogens is 1. The lowest BCUT2D eigenvalue weighted by molar-refractivity contribution is -0.928. The molecule has 0 atom stereocenters. The van der Waals surface area contributed by atoms with Crippen LogP contribution < -0.4 is 5.32 Å². The molecule has 0 spiro atoms. The number of hydrogen-bond donors (Lipinski definition) is 1. The van der Waals surface area contributed by atoms with E-state index in [0.29, 0.717) is 0 Å². The lowest BCUT2D eigenvalue weighted by Crippen LogP contribution is -2.51. The molecule has 0 unspecified atom stereocenters. The summed E-state index contributed by atoms with van der Waals surface area (Å²) in [6, 6.07) is 0. The van der Waals surface area contributed by atoms with Gasteiger partial charge < -0.3 is 9.80 Å². The highest BCUT2D eigenvalue weighted by Gasteiger charge is 2.23. The van der Waals surface area contributed by atoms with E-state index in [1.165, 1.54) is 56.0 Å². The Labute approximate surface area is 113 Å². The van der Waals surface area contributed by atoms with E-state index in [-0.39, 0.29) is 5.91 Å². The molecule has 0 aliphatic heterocycles. The van der Waals surface area contributed by atoms with Crippen LogP contribution in [-0.2, 0) is 4.79 Å². The van der Waals surface area contributed by atoms with Crippen LogP contribution in [0.1, 0.15) is 46.5 Å². The highest BCUT2D eigenvalue weighted by Crippen LogP contribution is 2.12. The number of hydrogen-bond acceptors (Lipinski definition) is 1. The molecule has 0 aliphatic rings. The van der Waals surface area contributed by atoms with Crippen LogP contribution in [0.2, 0.25) is 0 Å². The minimum atomic E-state index is -0.0606. The summed E-state index contributed by atoms with van der Waals surface area (Å²) in [4.78, 5) is 11.1. The highest BCUT2D eigenvalue weighted by atomic mass is 16.1. The van der Waals surface area contributed by atoms with Crippen molar-refractivity contribution in [2.75, 3.05) is 32.7 Å². The molecule has 0 aromatic carbocycles. The summed E-state index contributed by atoms with van der Waals surface area (Å²) >= 11 is 0. The molecular weight excluding hydrogens is 224 g/mol. The molecule has 0 aliphatic carbocycles. The first-order valence-corrected chi connectivity index (χ1v) is 7.39. The van der Waals surface area contributed by atoms with Crippen LogP contribution in [0.3, 0.4) is 0 Å². The van der Waals surface area contributed by atoms with E-state index in [1.807, 2.05) is 0 Å². The second-order valence-corrected chi connectivity index (χ2v) is 5.08. The topological polar surface area (TPSA) is 29.1 Å². The van der Waals surface area contributed by atoms with Gasteiger partial charge in [0.15, 0.2) is 0 Å². The van der Waals surface area contributed by atoms with Gasteiger partial charge in [0.25, 0.3) is 0 Å². The Bertz CT molecular complexity index is 222. The molecule has 0 bridgehead atoms. The fourth-order valence-electron chi connectivity index (χ4n) is 2.79. The molecule has 0 rings (SSSR count). The van der Waals surface area contributed by atoms with E-state index in [4.69, 9.17) is 0 Å².